The average molecular weight is 144 g/mol. The predicted octanol–water partition coefficient (Wildman–Crippen LogP) is 1.54. The van der Waals surface area contributed by atoms with E-state index in [0.29, 0.717) is 0 Å². The highest BCUT2D eigenvalue weighted by atomic mass is 16.4. The molecule has 0 rings (SSSR count). The second-order valence-electron chi connectivity index (χ2n) is 1.54. The van der Waals surface area contributed by atoms with Gasteiger partial charge < -0.3 is 5.11 Å². The third-order valence-corrected chi connectivity index (χ3v) is 0.663. The van der Waals surface area contributed by atoms with Gasteiger partial charge in [-0.3, -0.25) is 0 Å². The van der Waals surface area contributed by atoms with E-state index < -0.39 is 6.09 Å². The number of nitrogens with one attached hydrogen (secondary N) is 1. The van der Waals surface area contributed by atoms with Crippen LogP contribution in [0.5, 0.6) is 0 Å². The number of unbranched alkanes of at least 4 members (excludes halogenated alkanes) is 1. The number of nitriles is 1. The van der Waals surface area contributed by atoms with E-state index in [1.807, 2.05) is 0 Å². The Hall–Kier alpha value is -1.24. The van der Waals surface area contributed by atoms with Crippen molar-refractivity contribution in [2.75, 3.05) is 0 Å². The molecule has 0 aromatic carbocycles. The maximum absolute atomic E-state index is 9.27. The average Bonchev–Trinajstić information content (AvgIpc) is 1.89. The molecule has 4 nitrogen and oxygen atoms in total. The first-order valence-corrected chi connectivity index (χ1v) is 3.07. The van der Waals surface area contributed by atoms with Gasteiger partial charge in [0.05, 0.1) is 0 Å². The molecule has 0 aliphatic rings. The Labute approximate surface area is 60.5 Å². The number of rotatable bonds is 1. The molecule has 0 aliphatic heterocycles. The minimum atomic E-state index is -1.32. The first-order valence-electron chi connectivity index (χ1n) is 3.07. The number of hydrogen-bond donors (Lipinski definition) is 2. The van der Waals surface area contributed by atoms with Gasteiger partial charge in [-0.15, -0.1) is 0 Å². The molecule has 0 fully saturated rings. The van der Waals surface area contributed by atoms with E-state index in [-0.39, 0.29) is 0 Å². The lowest BCUT2D eigenvalue weighted by atomic mass is 10.4. The van der Waals surface area contributed by atoms with Gasteiger partial charge in [0.1, 0.15) is 0 Å². The molecule has 4 heteroatoms. The molecule has 0 radical (unpaired) electrons. The highest BCUT2D eigenvalue weighted by Gasteiger charge is 1.83. The van der Waals surface area contributed by atoms with Crippen molar-refractivity contribution in [3.05, 3.63) is 0 Å². The first-order chi connectivity index (χ1) is 4.68. The van der Waals surface area contributed by atoms with Crippen molar-refractivity contribution in [1.29, 1.82) is 5.26 Å². The molecule has 10 heavy (non-hydrogen) atoms. The van der Waals surface area contributed by atoms with Crippen molar-refractivity contribution in [2.24, 2.45) is 0 Å². The van der Waals surface area contributed by atoms with Crippen LogP contribution in [0.25, 0.3) is 0 Å². The minimum absolute atomic E-state index is 1.22. The monoisotopic (exact) mass is 144 g/mol. The third kappa shape index (κ3) is 29.4. The molecule has 0 unspecified atom stereocenters. The molecule has 0 heterocycles. The summed E-state index contributed by atoms with van der Waals surface area (Å²) in [6, 6.07) is 0. The fourth-order valence-corrected chi connectivity index (χ4v) is 0.0478. The van der Waals surface area contributed by atoms with E-state index in [9.17, 15) is 4.79 Å². The summed E-state index contributed by atoms with van der Waals surface area (Å²) in [7, 11) is 0. The topological polar surface area (TPSA) is 73.1 Å². The van der Waals surface area contributed by atoms with Gasteiger partial charge in [0, 0.05) is 0 Å². The lowest BCUT2D eigenvalue weighted by molar-refractivity contribution is 0.199. The summed E-state index contributed by atoms with van der Waals surface area (Å²) in [4.78, 5) is 9.27. The summed E-state index contributed by atoms with van der Waals surface area (Å²) < 4.78 is 0. The zero-order chi connectivity index (χ0) is 8.41. The van der Waals surface area contributed by atoms with Crippen molar-refractivity contribution in [2.45, 2.75) is 26.7 Å². The summed E-state index contributed by atoms with van der Waals surface area (Å²) in [6.07, 6.45) is 2.53. The van der Waals surface area contributed by atoms with Gasteiger partial charge in [-0.1, -0.05) is 26.7 Å². The molecule has 2 N–H and O–H groups in total. The second kappa shape index (κ2) is 10.7. The van der Waals surface area contributed by atoms with Crippen LogP contribution in [0.1, 0.15) is 26.7 Å². The lowest BCUT2D eigenvalue weighted by Gasteiger charge is -1.75. The Kier molecular flexibility index (Phi) is 12.3. The molecule has 0 atom stereocenters. The zero-order valence-electron chi connectivity index (χ0n) is 6.22. The van der Waals surface area contributed by atoms with Crippen LogP contribution >= 0.6 is 0 Å². The molecule has 58 valence electrons. The fourth-order valence-electron chi connectivity index (χ4n) is 0.0478. The quantitative estimate of drug-likeness (QED) is 0.433. The number of carbonyl (C=O) groups is 1. The van der Waals surface area contributed by atoms with E-state index in [1.54, 1.807) is 0 Å². The third-order valence-electron chi connectivity index (χ3n) is 0.663. The van der Waals surface area contributed by atoms with E-state index in [4.69, 9.17) is 10.4 Å². The Morgan fingerprint density at radius 2 is 2.00 bits per heavy atom. The number of hydrogen-bond acceptors (Lipinski definition) is 2. The van der Waals surface area contributed by atoms with Crippen LogP contribution in [0.15, 0.2) is 0 Å². The molecular formula is C6H12N2O2. The van der Waals surface area contributed by atoms with E-state index >= 15 is 0 Å². The van der Waals surface area contributed by atoms with Crippen molar-refractivity contribution < 1.29 is 9.90 Å². The van der Waals surface area contributed by atoms with E-state index in [1.165, 1.54) is 24.4 Å². The minimum Gasteiger partial charge on any atom is -0.464 e. The molecule has 0 aliphatic carbocycles. The van der Waals surface area contributed by atoms with Crippen LogP contribution in [-0.2, 0) is 0 Å². The van der Waals surface area contributed by atoms with Crippen LogP contribution in [0.3, 0.4) is 0 Å². The van der Waals surface area contributed by atoms with Crippen molar-refractivity contribution in [3.63, 3.8) is 0 Å². The highest BCUT2D eigenvalue weighted by molar-refractivity contribution is 5.66. The van der Waals surface area contributed by atoms with E-state index in [2.05, 4.69) is 13.8 Å². The van der Waals surface area contributed by atoms with Gasteiger partial charge in [-0.25, -0.2) is 10.1 Å². The first kappa shape index (κ1) is 11.5. The van der Waals surface area contributed by atoms with Gasteiger partial charge in [-0.05, 0) is 0 Å². The molecular weight excluding hydrogens is 132 g/mol. The summed E-state index contributed by atoms with van der Waals surface area (Å²) in [5, 5.41) is 16.5. The zero-order valence-corrected chi connectivity index (χ0v) is 6.22. The lowest BCUT2D eigenvalue weighted by Crippen LogP contribution is -2.12. The molecule has 0 aromatic heterocycles. The van der Waals surface area contributed by atoms with Gasteiger partial charge in [-0.2, -0.15) is 5.26 Å². The summed E-state index contributed by atoms with van der Waals surface area (Å²) in [5.41, 5.74) is 0. The van der Waals surface area contributed by atoms with E-state index in [0.717, 1.165) is 0 Å². The van der Waals surface area contributed by atoms with Gasteiger partial charge in [0.15, 0.2) is 6.19 Å². The normalized spacial score (nSPS) is 6.50. The van der Waals surface area contributed by atoms with Crippen LogP contribution < -0.4 is 5.32 Å². The molecule has 0 saturated carbocycles. The van der Waals surface area contributed by atoms with Crippen LogP contribution in [0.4, 0.5) is 4.79 Å². The molecule has 0 spiro atoms. The summed E-state index contributed by atoms with van der Waals surface area (Å²) in [5.74, 6) is 0. The number of carboxylic acid groups (broad SMARTS) is 1. The van der Waals surface area contributed by atoms with Crippen LogP contribution in [0, 0.1) is 11.5 Å². The Balaban J connectivity index is 0. The summed E-state index contributed by atoms with van der Waals surface area (Å²) in [6.45, 7) is 4.36. The second-order valence-corrected chi connectivity index (χ2v) is 1.54. The van der Waals surface area contributed by atoms with Crippen molar-refractivity contribution in [3.8, 4) is 6.19 Å². The summed E-state index contributed by atoms with van der Waals surface area (Å²) >= 11 is 0. The standard InChI is InChI=1S/C4H10.C2H2N2O2/c1-3-4-2;3-1-4-2(5)6/h3-4H2,1-2H3;4H,(H,5,6). The molecule has 0 aromatic rings. The van der Waals surface area contributed by atoms with Crippen LogP contribution in [0.2, 0.25) is 0 Å². The maximum atomic E-state index is 9.27. The van der Waals surface area contributed by atoms with Crippen LogP contribution in [-0.4, -0.2) is 11.2 Å². The van der Waals surface area contributed by atoms with Crippen molar-refractivity contribution in [1.82, 2.24) is 5.32 Å². The molecule has 0 saturated heterocycles. The number of nitrogens with zero attached hydrogens (tertiary/aromatic N) is 1. The Morgan fingerprint density at radius 1 is 1.60 bits per heavy atom. The van der Waals surface area contributed by atoms with Crippen molar-refractivity contribution >= 4 is 6.09 Å². The van der Waals surface area contributed by atoms with Gasteiger partial charge in [0.25, 0.3) is 0 Å². The smallest absolute Gasteiger partial charge is 0.417 e. The Morgan fingerprint density at radius 3 is 2.00 bits per heavy atom. The highest BCUT2D eigenvalue weighted by Crippen LogP contribution is 1.76. The fraction of sp³-hybridized carbons (Fsp3) is 0.667. The molecule has 0 bridgehead atoms. The van der Waals surface area contributed by atoms with Gasteiger partial charge in [0.2, 0.25) is 0 Å². The SMILES string of the molecule is CCCC.N#CNC(=O)O. The number of amides is 1. The van der Waals surface area contributed by atoms with Gasteiger partial charge >= 0.3 is 6.09 Å². The molecule has 1 amide bonds. The predicted molar refractivity (Wildman–Crippen MR) is 37.4 cm³/mol. The maximum Gasteiger partial charge on any atom is 0.417 e. The largest absolute Gasteiger partial charge is 0.464 e. The Bertz CT molecular complexity index is 115.